The van der Waals surface area contributed by atoms with E-state index in [1.54, 1.807) is 30.3 Å². The number of ether oxygens (including phenoxy) is 1. The minimum atomic E-state index is -0.276. The molecule has 0 amide bonds. The number of fused-ring (bicyclic) bond motifs is 7. The molecule has 6 rings (SSSR count). The number of esters is 1. The lowest BCUT2D eigenvalue weighted by Gasteiger charge is -2.73. The summed E-state index contributed by atoms with van der Waals surface area (Å²) in [6, 6.07) is 6.85. The predicted molar refractivity (Wildman–Crippen MR) is 173 cm³/mol. The molecule has 4 nitrogen and oxygen atoms in total. The van der Waals surface area contributed by atoms with E-state index in [2.05, 4.69) is 48.1 Å². The van der Waals surface area contributed by atoms with E-state index in [9.17, 15) is 15.0 Å². The van der Waals surface area contributed by atoms with E-state index in [-0.39, 0.29) is 44.9 Å². The van der Waals surface area contributed by atoms with Crippen LogP contribution < -0.4 is 0 Å². The van der Waals surface area contributed by atoms with Gasteiger partial charge >= 0.3 is 5.97 Å². The van der Waals surface area contributed by atoms with Crippen molar-refractivity contribution < 1.29 is 19.7 Å². The fourth-order valence-corrected chi connectivity index (χ4v) is 12.7. The number of aliphatic hydroxyl groups excluding tert-OH is 1. The van der Waals surface area contributed by atoms with Crippen molar-refractivity contribution in [3.63, 3.8) is 0 Å². The molecule has 43 heavy (non-hydrogen) atoms. The lowest BCUT2D eigenvalue weighted by molar-refractivity contribution is -0.251. The van der Waals surface area contributed by atoms with Crippen LogP contribution in [0.3, 0.4) is 0 Å². The van der Waals surface area contributed by atoms with Gasteiger partial charge in [-0.15, -0.1) is 0 Å². The first-order valence-electron chi connectivity index (χ1n) is 17.2. The number of benzene rings is 1. The lowest BCUT2D eigenvalue weighted by Crippen LogP contribution is -2.67. The summed E-state index contributed by atoms with van der Waals surface area (Å²) in [6.45, 7) is 19.7. The average Bonchev–Trinajstić information content (AvgIpc) is 3.35. The molecule has 0 unspecified atom stereocenters. The second kappa shape index (κ2) is 10.5. The molecule has 0 bridgehead atoms. The molecule has 0 radical (unpaired) electrons. The summed E-state index contributed by atoms with van der Waals surface area (Å²) in [5.41, 5.74) is 2.98. The summed E-state index contributed by atoms with van der Waals surface area (Å²) in [4.78, 5) is 13.0. The van der Waals surface area contributed by atoms with Crippen LogP contribution in [0.1, 0.15) is 111 Å². The number of phenols is 1. The van der Waals surface area contributed by atoms with Crippen molar-refractivity contribution in [1.29, 1.82) is 0 Å². The zero-order valence-corrected chi connectivity index (χ0v) is 27.6. The Bertz CT molecular complexity index is 1280. The van der Waals surface area contributed by atoms with E-state index in [1.165, 1.54) is 50.2 Å². The summed E-state index contributed by atoms with van der Waals surface area (Å²) in [6.07, 6.45) is 15.0. The van der Waals surface area contributed by atoms with Gasteiger partial charge in [0, 0.05) is 18.1 Å². The molecule has 5 saturated carbocycles. The molecule has 5 aliphatic carbocycles. The molecule has 1 aromatic rings. The van der Waals surface area contributed by atoms with Crippen molar-refractivity contribution in [1.82, 2.24) is 0 Å². The first-order valence-corrected chi connectivity index (χ1v) is 17.2. The summed E-state index contributed by atoms with van der Waals surface area (Å²) in [5, 5.41) is 20.3. The molecular weight excluding hydrogens is 532 g/mol. The summed E-state index contributed by atoms with van der Waals surface area (Å²) in [5.74, 6) is 2.90. The fraction of sp³-hybridized carbons (Fsp3) is 0.718. The first-order chi connectivity index (χ1) is 20.2. The van der Waals surface area contributed by atoms with E-state index in [4.69, 9.17) is 4.74 Å². The molecule has 5 fully saturated rings. The highest BCUT2D eigenvalue weighted by atomic mass is 16.5. The Kier molecular flexibility index (Phi) is 7.55. The van der Waals surface area contributed by atoms with Crippen LogP contribution in [0.15, 0.2) is 42.5 Å². The van der Waals surface area contributed by atoms with Crippen LogP contribution in [-0.4, -0.2) is 28.9 Å². The highest BCUT2D eigenvalue weighted by Gasteiger charge is 2.71. The highest BCUT2D eigenvalue weighted by molar-refractivity contribution is 5.87. The van der Waals surface area contributed by atoms with Gasteiger partial charge < -0.3 is 14.9 Å². The minimum Gasteiger partial charge on any atom is -0.508 e. The van der Waals surface area contributed by atoms with Crippen molar-refractivity contribution in [2.75, 3.05) is 6.61 Å². The Balaban J connectivity index is 1.23. The van der Waals surface area contributed by atoms with E-state index >= 15 is 0 Å². The third-order valence-electron chi connectivity index (χ3n) is 15.1. The number of hydrogen-bond acceptors (Lipinski definition) is 4. The second-order valence-corrected chi connectivity index (χ2v) is 16.9. The van der Waals surface area contributed by atoms with Gasteiger partial charge in [-0.1, -0.05) is 58.9 Å². The largest absolute Gasteiger partial charge is 0.508 e. The number of carbonyl (C=O) groups is 1. The number of allylic oxidation sites excluding steroid dienone is 1. The van der Waals surface area contributed by atoms with Gasteiger partial charge in [0.15, 0.2) is 0 Å². The Labute approximate surface area is 260 Å². The van der Waals surface area contributed by atoms with Crippen LogP contribution >= 0.6 is 0 Å². The van der Waals surface area contributed by atoms with Crippen LogP contribution in [0.25, 0.3) is 6.08 Å². The molecule has 0 saturated heterocycles. The van der Waals surface area contributed by atoms with Crippen molar-refractivity contribution in [2.45, 2.75) is 112 Å². The number of hydrogen-bond donors (Lipinski definition) is 2. The molecule has 0 aliphatic heterocycles. The molecule has 1 aromatic carbocycles. The molecule has 0 aromatic heterocycles. The second-order valence-electron chi connectivity index (χ2n) is 16.9. The predicted octanol–water partition coefficient (Wildman–Crippen LogP) is 8.97. The van der Waals surface area contributed by atoms with Crippen molar-refractivity contribution in [2.24, 2.45) is 56.7 Å². The average molecular weight is 589 g/mol. The summed E-state index contributed by atoms with van der Waals surface area (Å²) < 4.78 is 6.21. The van der Waals surface area contributed by atoms with E-state index in [1.807, 2.05) is 0 Å². The number of rotatable bonds is 5. The van der Waals surface area contributed by atoms with Gasteiger partial charge in [-0.2, -0.15) is 0 Å². The summed E-state index contributed by atoms with van der Waals surface area (Å²) >= 11 is 0. The zero-order valence-electron chi connectivity index (χ0n) is 27.6. The molecule has 2 N–H and O–H groups in total. The summed E-state index contributed by atoms with van der Waals surface area (Å²) in [7, 11) is 0. The molecule has 10 atom stereocenters. The van der Waals surface area contributed by atoms with Crippen LogP contribution in [-0.2, 0) is 9.53 Å². The number of aromatic hydroxyl groups is 1. The fourth-order valence-electron chi connectivity index (χ4n) is 12.7. The smallest absolute Gasteiger partial charge is 0.331 e. The minimum absolute atomic E-state index is 0.0894. The molecule has 0 spiro atoms. The third-order valence-corrected chi connectivity index (χ3v) is 15.1. The van der Waals surface area contributed by atoms with E-state index in [0.29, 0.717) is 36.2 Å². The monoisotopic (exact) mass is 588 g/mol. The molecule has 5 aliphatic rings. The van der Waals surface area contributed by atoms with Crippen molar-refractivity contribution in [3.8, 4) is 5.75 Å². The molecule has 0 heterocycles. The van der Waals surface area contributed by atoms with Crippen molar-refractivity contribution in [3.05, 3.63) is 48.1 Å². The maximum absolute atomic E-state index is 13.0. The molecule has 236 valence electrons. The van der Waals surface area contributed by atoms with E-state index in [0.717, 1.165) is 31.2 Å². The van der Waals surface area contributed by atoms with Crippen molar-refractivity contribution >= 4 is 12.0 Å². The number of phenolic OH excluding ortho intramolecular Hbond substituents is 1. The third kappa shape index (κ3) is 4.50. The topological polar surface area (TPSA) is 66.8 Å². The van der Waals surface area contributed by atoms with Gasteiger partial charge in [0.1, 0.15) is 11.9 Å². The SMILES string of the molecule is C=C(C)[C@@H]1CC[C@]2(CO)CC[C@]3(C)[C@H](CC[C@@H]4[C@@]5(C)CC[C@H](OC(=O)/C=C\c6ccc(O)cc6)C(C)(C)[C@@H]5CC[C@]43C)[C@@H]12. The normalized spacial score (nSPS) is 45.0. The Morgan fingerprint density at radius 2 is 1.63 bits per heavy atom. The van der Waals surface area contributed by atoms with Crippen LogP contribution in [0, 0.1) is 56.7 Å². The van der Waals surface area contributed by atoms with Crippen LogP contribution in [0.4, 0.5) is 0 Å². The van der Waals surface area contributed by atoms with Gasteiger partial charge in [-0.05, 0) is 146 Å². The quantitative estimate of drug-likeness (QED) is 0.205. The number of carbonyl (C=O) groups excluding carboxylic acids is 1. The van der Waals surface area contributed by atoms with Crippen LogP contribution in [0.2, 0.25) is 0 Å². The number of aliphatic hydroxyl groups is 1. The molecular formula is C39H56O4. The Hall–Kier alpha value is -2.07. The van der Waals surface area contributed by atoms with E-state index < -0.39 is 0 Å². The van der Waals surface area contributed by atoms with Gasteiger partial charge in [0.2, 0.25) is 0 Å². The van der Waals surface area contributed by atoms with Crippen LogP contribution in [0.5, 0.6) is 5.75 Å². The Morgan fingerprint density at radius 1 is 0.907 bits per heavy atom. The van der Waals surface area contributed by atoms with Gasteiger partial charge in [-0.3, -0.25) is 0 Å². The zero-order chi connectivity index (χ0) is 31.0. The maximum atomic E-state index is 13.0. The molecule has 4 heteroatoms. The Morgan fingerprint density at radius 3 is 2.30 bits per heavy atom. The standard InChI is InChI=1S/C39H56O4/c1-25(2)28-16-21-39(24-40)23-22-37(6)29(34(28)39)13-14-31-36(5)19-18-32(35(3,4)30(36)17-20-38(31,37)7)43-33(42)15-10-26-8-11-27(41)12-9-26/h8-12,15,28-32,34,40-41H,1,13-14,16-24H2,2-7H3/b15-10-/t28-,29+,30-,31+,32-,34+,36-,37+,38+,39+/m0/s1. The first kappa shape index (κ1) is 30.9. The maximum Gasteiger partial charge on any atom is 0.331 e. The highest BCUT2D eigenvalue weighted by Crippen LogP contribution is 2.77. The van der Waals surface area contributed by atoms with Gasteiger partial charge in [0.25, 0.3) is 0 Å². The van der Waals surface area contributed by atoms with Gasteiger partial charge in [-0.25, -0.2) is 4.79 Å². The van der Waals surface area contributed by atoms with Gasteiger partial charge in [0.05, 0.1) is 0 Å². The lowest BCUT2D eigenvalue weighted by atomic mass is 9.32.